The molecule has 2 N–H and O–H groups in total. The highest BCUT2D eigenvalue weighted by molar-refractivity contribution is 7.91. The summed E-state index contributed by atoms with van der Waals surface area (Å²) in [5.41, 5.74) is 6.12. The predicted molar refractivity (Wildman–Crippen MR) is 72.9 cm³/mol. The molecular formula is C11H16N2O2S2. The van der Waals surface area contributed by atoms with Crippen LogP contribution in [0.3, 0.4) is 0 Å². The van der Waals surface area contributed by atoms with Crippen molar-refractivity contribution in [2.24, 2.45) is 5.73 Å². The molecule has 0 bridgehead atoms. The average Bonchev–Trinajstić information content (AvgIpc) is 2.27. The van der Waals surface area contributed by atoms with Gasteiger partial charge in [0.15, 0.2) is 9.84 Å². The van der Waals surface area contributed by atoms with E-state index in [2.05, 4.69) is 0 Å². The molecule has 1 aromatic rings. The molecule has 0 aliphatic rings. The van der Waals surface area contributed by atoms with Gasteiger partial charge >= 0.3 is 0 Å². The summed E-state index contributed by atoms with van der Waals surface area (Å²) in [6.45, 7) is 0.499. The van der Waals surface area contributed by atoms with E-state index in [4.69, 9.17) is 18.0 Å². The Kier molecular flexibility index (Phi) is 4.62. The highest BCUT2D eigenvalue weighted by Crippen LogP contribution is 2.12. The maximum atomic E-state index is 11.9. The second kappa shape index (κ2) is 5.57. The summed E-state index contributed by atoms with van der Waals surface area (Å²) >= 11 is 4.81. The first-order valence-corrected chi connectivity index (χ1v) is 7.16. The second-order valence-corrected chi connectivity index (χ2v) is 6.56. The van der Waals surface area contributed by atoms with Crippen LogP contribution < -0.4 is 5.73 Å². The fourth-order valence-electron chi connectivity index (χ4n) is 1.25. The normalized spacial score (nSPS) is 11.7. The maximum absolute atomic E-state index is 11.9. The van der Waals surface area contributed by atoms with Crippen LogP contribution in [0.1, 0.15) is 5.56 Å². The van der Waals surface area contributed by atoms with Crippen LogP contribution in [0.25, 0.3) is 0 Å². The first-order chi connectivity index (χ1) is 7.83. The molecule has 1 rings (SSSR count). The molecule has 4 nitrogen and oxygen atoms in total. The monoisotopic (exact) mass is 272 g/mol. The summed E-state index contributed by atoms with van der Waals surface area (Å²) in [6.07, 6.45) is 0. The van der Waals surface area contributed by atoms with Crippen molar-refractivity contribution in [3.8, 4) is 0 Å². The minimum Gasteiger partial charge on any atom is -0.389 e. The van der Waals surface area contributed by atoms with Gasteiger partial charge in [-0.25, -0.2) is 8.42 Å². The van der Waals surface area contributed by atoms with E-state index < -0.39 is 9.84 Å². The van der Waals surface area contributed by atoms with Gasteiger partial charge in [-0.15, -0.1) is 0 Å². The van der Waals surface area contributed by atoms with Crippen molar-refractivity contribution in [3.05, 3.63) is 29.8 Å². The van der Waals surface area contributed by atoms with E-state index in [0.717, 1.165) is 0 Å². The van der Waals surface area contributed by atoms with Crippen LogP contribution in [0.4, 0.5) is 0 Å². The highest BCUT2D eigenvalue weighted by atomic mass is 32.2. The molecule has 0 fully saturated rings. The molecule has 0 radical (unpaired) electrons. The molecule has 0 saturated carbocycles. The number of rotatable bonds is 5. The molecule has 0 atom stereocenters. The van der Waals surface area contributed by atoms with Crippen LogP contribution in [0.2, 0.25) is 0 Å². The summed E-state index contributed by atoms with van der Waals surface area (Å²) in [7, 11) is 0.454. The lowest BCUT2D eigenvalue weighted by atomic mass is 10.2. The SMILES string of the molecule is CN(C)CCS(=O)(=O)c1ccc(C(N)=S)cc1. The minimum absolute atomic E-state index is 0.104. The third-order valence-electron chi connectivity index (χ3n) is 2.31. The Morgan fingerprint density at radius 2 is 1.82 bits per heavy atom. The first-order valence-electron chi connectivity index (χ1n) is 5.10. The second-order valence-electron chi connectivity index (χ2n) is 4.01. The number of benzene rings is 1. The average molecular weight is 272 g/mol. The zero-order chi connectivity index (χ0) is 13.1. The number of hydrogen-bond acceptors (Lipinski definition) is 4. The Balaban J connectivity index is 2.89. The summed E-state index contributed by atoms with van der Waals surface area (Å²) in [5.74, 6) is 0.104. The first kappa shape index (κ1) is 14.1. The molecular weight excluding hydrogens is 256 g/mol. The Morgan fingerprint density at radius 1 is 1.29 bits per heavy atom. The standard InChI is InChI=1S/C11H16N2O2S2/c1-13(2)7-8-17(14,15)10-5-3-9(4-6-10)11(12)16/h3-6H,7-8H2,1-2H3,(H2,12,16). The largest absolute Gasteiger partial charge is 0.389 e. The molecule has 0 aliphatic carbocycles. The number of nitrogens with two attached hydrogens (primary N) is 1. The molecule has 6 heteroatoms. The molecule has 0 saturated heterocycles. The molecule has 94 valence electrons. The van der Waals surface area contributed by atoms with Gasteiger partial charge in [0.2, 0.25) is 0 Å². The lowest BCUT2D eigenvalue weighted by molar-refractivity contribution is 0.432. The van der Waals surface area contributed by atoms with Crippen molar-refractivity contribution >= 4 is 27.0 Å². The van der Waals surface area contributed by atoms with Crippen molar-refractivity contribution in [1.82, 2.24) is 4.90 Å². The van der Waals surface area contributed by atoms with E-state index in [1.165, 1.54) is 0 Å². The van der Waals surface area contributed by atoms with Crippen LogP contribution in [0.15, 0.2) is 29.2 Å². The van der Waals surface area contributed by atoms with Gasteiger partial charge in [0, 0.05) is 12.1 Å². The van der Waals surface area contributed by atoms with Gasteiger partial charge in [-0.2, -0.15) is 0 Å². The van der Waals surface area contributed by atoms with E-state index in [9.17, 15) is 8.42 Å². The zero-order valence-electron chi connectivity index (χ0n) is 9.88. The van der Waals surface area contributed by atoms with Crippen LogP contribution in [-0.2, 0) is 9.84 Å². The van der Waals surface area contributed by atoms with E-state index in [-0.39, 0.29) is 10.7 Å². The van der Waals surface area contributed by atoms with Gasteiger partial charge in [0.25, 0.3) is 0 Å². The van der Waals surface area contributed by atoms with Gasteiger partial charge in [-0.1, -0.05) is 24.4 Å². The Labute approximate surface area is 107 Å². The summed E-state index contributed by atoms with van der Waals surface area (Å²) in [5, 5.41) is 0. The van der Waals surface area contributed by atoms with Gasteiger partial charge in [0.05, 0.1) is 10.6 Å². The van der Waals surface area contributed by atoms with E-state index in [1.54, 1.807) is 24.3 Å². The van der Waals surface area contributed by atoms with Crippen molar-refractivity contribution < 1.29 is 8.42 Å². The summed E-state index contributed by atoms with van der Waals surface area (Å²) in [6, 6.07) is 6.34. The van der Waals surface area contributed by atoms with Gasteiger partial charge < -0.3 is 10.6 Å². The summed E-state index contributed by atoms with van der Waals surface area (Å²) < 4.78 is 23.9. The van der Waals surface area contributed by atoms with E-state index in [0.29, 0.717) is 17.0 Å². The molecule has 0 aliphatic heterocycles. The molecule has 0 unspecified atom stereocenters. The van der Waals surface area contributed by atoms with Crippen molar-refractivity contribution in [2.45, 2.75) is 4.90 Å². The maximum Gasteiger partial charge on any atom is 0.179 e. The fraction of sp³-hybridized carbons (Fsp3) is 0.364. The molecule has 0 spiro atoms. The van der Waals surface area contributed by atoms with Crippen molar-refractivity contribution in [1.29, 1.82) is 0 Å². The predicted octanol–water partition coefficient (Wildman–Crippen LogP) is 0.656. The van der Waals surface area contributed by atoms with E-state index in [1.807, 2.05) is 19.0 Å². The Hall–Kier alpha value is -0.980. The highest BCUT2D eigenvalue weighted by Gasteiger charge is 2.14. The molecule has 0 amide bonds. The number of hydrogen-bond donors (Lipinski definition) is 1. The lowest BCUT2D eigenvalue weighted by Crippen LogP contribution is -2.22. The summed E-state index contributed by atoms with van der Waals surface area (Å²) in [4.78, 5) is 2.41. The third-order valence-corrected chi connectivity index (χ3v) is 4.25. The Bertz CT molecular complexity index is 493. The minimum atomic E-state index is -3.22. The van der Waals surface area contributed by atoms with E-state index >= 15 is 0 Å². The topological polar surface area (TPSA) is 63.4 Å². The molecule has 1 aromatic carbocycles. The smallest absolute Gasteiger partial charge is 0.179 e. The number of thiocarbonyl (C=S) groups is 1. The van der Waals surface area contributed by atoms with Crippen LogP contribution in [0.5, 0.6) is 0 Å². The zero-order valence-corrected chi connectivity index (χ0v) is 11.5. The number of sulfone groups is 1. The van der Waals surface area contributed by atoms with Gasteiger partial charge in [-0.05, 0) is 26.2 Å². The van der Waals surface area contributed by atoms with Gasteiger partial charge in [0.1, 0.15) is 4.99 Å². The fourth-order valence-corrected chi connectivity index (χ4v) is 2.78. The third kappa shape index (κ3) is 4.07. The van der Waals surface area contributed by atoms with Crippen LogP contribution in [0, 0.1) is 0 Å². The lowest BCUT2D eigenvalue weighted by Gasteiger charge is -2.10. The Morgan fingerprint density at radius 3 is 2.24 bits per heavy atom. The molecule has 0 heterocycles. The van der Waals surface area contributed by atoms with Gasteiger partial charge in [-0.3, -0.25) is 0 Å². The number of nitrogens with zero attached hydrogens (tertiary/aromatic N) is 1. The molecule has 17 heavy (non-hydrogen) atoms. The van der Waals surface area contributed by atoms with Crippen molar-refractivity contribution in [3.63, 3.8) is 0 Å². The quantitative estimate of drug-likeness (QED) is 0.798. The van der Waals surface area contributed by atoms with Crippen LogP contribution in [-0.4, -0.2) is 44.7 Å². The van der Waals surface area contributed by atoms with Crippen molar-refractivity contribution in [2.75, 3.05) is 26.4 Å². The molecule has 0 aromatic heterocycles. The van der Waals surface area contributed by atoms with Crippen LogP contribution >= 0.6 is 12.2 Å².